The first-order chi connectivity index (χ1) is 11.3. The molecule has 0 bridgehead atoms. The first-order valence-corrected chi connectivity index (χ1v) is 7.64. The highest BCUT2D eigenvalue weighted by Gasteiger charge is 2.26. The maximum atomic E-state index is 12.7. The molecule has 1 saturated heterocycles. The lowest BCUT2D eigenvalue weighted by molar-refractivity contribution is -0.384. The Balaban J connectivity index is 2.19. The van der Waals surface area contributed by atoms with E-state index in [9.17, 15) is 23.7 Å². The van der Waals surface area contributed by atoms with Gasteiger partial charge in [-0.25, -0.2) is 8.78 Å². The number of aryl methyl sites for hydroxylation is 1. The molecule has 1 aromatic carbocycles. The number of carbonyl (C=O) groups excluding carboxylic acids is 1. The summed E-state index contributed by atoms with van der Waals surface area (Å²) in [6.45, 7) is 2.84. The van der Waals surface area contributed by atoms with Crippen LogP contribution in [0.15, 0.2) is 12.1 Å². The van der Waals surface area contributed by atoms with Gasteiger partial charge in [0, 0.05) is 32.2 Å². The van der Waals surface area contributed by atoms with Crippen molar-refractivity contribution in [3.8, 4) is 0 Å². The summed E-state index contributed by atoms with van der Waals surface area (Å²) in [5.74, 6) is -0.404. The van der Waals surface area contributed by atoms with Crippen LogP contribution in [0.2, 0.25) is 0 Å². The van der Waals surface area contributed by atoms with Gasteiger partial charge >= 0.3 is 0 Å². The average Bonchev–Trinajstić information content (AvgIpc) is 2.73. The second kappa shape index (κ2) is 7.52. The zero-order valence-corrected chi connectivity index (χ0v) is 13.4. The Hall–Kier alpha value is -2.29. The van der Waals surface area contributed by atoms with Gasteiger partial charge in [0.05, 0.1) is 17.0 Å². The van der Waals surface area contributed by atoms with Gasteiger partial charge in [0.1, 0.15) is 5.69 Å². The fourth-order valence-corrected chi connectivity index (χ4v) is 2.83. The van der Waals surface area contributed by atoms with E-state index in [0.717, 1.165) is 0 Å². The van der Waals surface area contributed by atoms with Crippen LogP contribution in [0.3, 0.4) is 0 Å². The summed E-state index contributed by atoms with van der Waals surface area (Å²) in [6, 6.07) is 2.84. The molecule has 0 atom stereocenters. The van der Waals surface area contributed by atoms with E-state index in [0.29, 0.717) is 31.6 Å². The number of nitrogens with zero attached hydrogens (tertiary/aromatic N) is 3. The molecule has 7 nitrogen and oxygen atoms in total. The molecule has 1 fully saturated rings. The summed E-state index contributed by atoms with van der Waals surface area (Å²) in [5.41, 5.74) is 5.98. The molecule has 2 N–H and O–H groups in total. The molecule has 0 spiro atoms. The minimum Gasteiger partial charge on any atom is -0.393 e. The number of halogens is 2. The Morgan fingerprint density at radius 3 is 2.67 bits per heavy atom. The molecule has 1 amide bonds. The van der Waals surface area contributed by atoms with Crippen LogP contribution in [0.5, 0.6) is 0 Å². The summed E-state index contributed by atoms with van der Waals surface area (Å²) in [7, 11) is 0. The van der Waals surface area contributed by atoms with Crippen molar-refractivity contribution >= 4 is 17.3 Å². The van der Waals surface area contributed by atoms with Gasteiger partial charge in [-0.2, -0.15) is 0 Å². The van der Waals surface area contributed by atoms with E-state index in [-0.39, 0.29) is 30.0 Å². The molecule has 0 aliphatic carbocycles. The van der Waals surface area contributed by atoms with Gasteiger partial charge < -0.3 is 10.6 Å². The maximum absolute atomic E-state index is 12.7. The molecule has 9 heteroatoms. The lowest BCUT2D eigenvalue weighted by Crippen LogP contribution is -2.36. The Morgan fingerprint density at radius 2 is 2.04 bits per heavy atom. The number of hydrogen-bond acceptors (Lipinski definition) is 5. The Bertz CT molecular complexity index is 639. The predicted octanol–water partition coefficient (Wildman–Crippen LogP) is 1.90. The number of carbonyl (C=O) groups is 1. The van der Waals surface area contributed by atoms with Crippen molar-refractivity contribution in [3.05, 3.63) is 33.4 Å². The summed E-state index contributed by atoms with van der Waals surface area (Å²) in [4.78, 5) is 26.2. The second-order valence-corrected chi connectivity index (χ2v) is 5.84. The molecule has 0 aromatic heterocycles. The van der Waals surface area contributed by atoms with Gasteiger partial charge in [0.2, 0.25) is 0 Å². The molecule has 1 heterocycles. The molecule has 0 saturated carbocycles. The van der Waals surface area contributed by atoms with Crippen LogP contribution in [-0.2, 0) is 0 Å². The number of amides is 1. The van der Waals surface area contributed by atoms with Crippen molar-refractivity contribution in [2.45, 2.75) is 19.8 Å². The van der Waals surface area contributed by atoms with E-state index in [1.807, 2.05) is 0 Å². The number of hydrogen-bond donors (Lipinski definition) is 1. The zero-order valence-electron chi connectivity index (χ0n) is 13.4. The molecular weight excluding hydrogens is 322 g/mol. The summed E-state index contributed by atoms with van der Waals surface area (Å²) in [5, 5.41) is 11.0. The topological polar surface area (TPSA) is 92.7 Å². The third-order valence-corrected chi connectivity index (χ3v) is 4.00. The normalized spacial score (nSPS) is 16.2. The number of nitrogen functional groups attached to an aromatic ring is 1. The first kappa shape index (κ1) is 18.1. The summed E-state index contributed by atoms with van der Waals surface area (Å²) < 4.78 is 25.0. The highest BCUT2D eigenvalue weighted by atomic mass is 19.3. The van der Waals surface area contributed by atoms with Crippen LogP contribution in [0, 0.1) is 17.0 Å². The number of nitro benzene ring substituents is 1. The largest absolute Gasteiger partial charge is 0.393 e. The molecule has 132 valence electrons. The van der Waals surface area contributed by atoms with Crippen molar-refractivity contribution < 1.29 is 18.5 Å². The van der Waals surface area contributed by atoms with Crippen LogP contribution >= 0.6 is 0 Å². The third kappa shape index (κ3) is 4.16. The van der Waals surface area contributed by atoms with Crippen LogP contribution in [-0.4, -0.2) is 59.8 Å². The van der Waals surface area contributed by atoms with Gasteiger partial charge in [0.25, 0.3) is 18.0 Å². The predicted molar refractivity (Wildman–Crippen MR) is 85.2 cm³/mol. The number of rotatable bonds is 4. The van der Waals surface area contributed by atoms with E-state index in [2.05, 4.69) is 0 Å². The van der Waals surface area contributed by atoms with Crippen LogP contribution < -0.4 is 5.73 Å². The minimum absolute atomic E-state index is 0.0870. The summed E-state index contributed by atoms with van der Waals surface area (Å²) >= 11 is 0. The van der Waals surface area contributed by atoms with Crippen molar-refractivity contribution in [1.82, 2.24) is 9.80 Å². The maximum Gasteiger partial charge on any atom is 0.293 e. The second-order valence-electron chi connectivity index (χ2n) is 5.84. The van der Waals surface area contributed by atoms with E-state index in [1.54, 1.807) is 11.8 Å². The number of nitro groups is 1. The zero-order chi connectivity index (χ0) is 17.9. The Labute approximate surface area is 138 Å². The molecule has 1 aliphatic heterocycles. The molecular formula is C15H20F2N4O3. The highest BCUT2D eigenvalue weighted by Crippen LogP contribution is 2.28. The van der Waals surface area contributed by atoms with Gasteiger partial charge in [-0.15, -0.1) is 0 Å². The van der Waals surface area contributed by atoms with Gasteiger partial charge in [-0.3, -0.25) is 19.8 Å². The number of benzene rings is 1. The SMILES string of the molecule is Cc1cc(C(=O)N2CCCN(CC(F)F)CC2)c(N)c([N+](=O)[O-])c1. The monoisotopic (exact) mass is 342 g/mol. The van der Waals surface area contributed by atoms with E-state index >= 15 is 0 Å². The number of anilines is 1. The number of nitrogens with two attached hydrogens (primary N) is 1. The molecule has 2 rings (SSSR count). The number of alkyl halides is 2. The lowest BCUT2D eigenvalue weighted by atomic mass is 10.1. The fraction of sp³-hybridized carbons (Fsp3) is 0.533. The van der Waals surface area contributed by atoms with Gasteiger partial charge in [-0.1, -0.05) is 0 Å². The lowest BCUT2D eigenvalue weighted by Gasteiger charge is -2.22. The molecule has 24 heavy (non-hydrogen) atoms. The van der Waals surface area contributed by atoms with Crippen molar-refractivity contribution in [2.75, 3.05) is 38.5 Å². The van der Waals surface area contributed by atoms with E-state index in [4.69, 9.17) is 5.73 Å². The van der Waals surface area contributed by atoms with Crippen molar-refractivity contribution in [1.29, 1.82) is 0 Å². The molecule has 0 unspecified atom stereocenters. The average molecular weight is 342 g/mol. The van der Waals surface area contributed by atoms with Gasteiger partial charge in [-0.05, 0) is 25.0 Å². The summed E-state index contributed by atoms with van der Waals surface area (Å²) in [6.07, 6.45) is -1.85. The highest BCUT2D eigenvalue weighted by molar-refractivity contribution is 6.01. The van der Waals surface area contributed by atoms with Crippen LogP contribution in [0.1, 0.15) is 22.3 Å². The third-order valence-electron chi connectivity index (χ3n) is 4.00. The smallest absolute Gasteiger partial charge is 0.293 e. The van der Waals surface area contributed by atoms with Crippen LogP contribution in [0.4, 0.5) is 20.2 Å². The van der Waals surface area contributed by atoms with Gasteiger partial charge in [0.15, 0.2) is 0 Å². The standard InChI is InChI=1S/C15H20F2N4O3/c1-10-7-11(14(18)12(8-10)21(23)24)15(22)20-4-2-3-19(5-6-20)9-13(16)17/h7-8,13H,2-6,9,18H2,1H3. The molecule has 1 aliphatic rings. The Morgan fingerprint density at radius 1 is 1.33 bits per heavy atom. The Kier molecular flexibility index (Phi) is 5.66. The first-order valence-electron chi connectivity index (χ1n) is 7.64. The van der Waals surface area contributed by atoms with Crippen LogP contribution in [0.25, 0.3) is 0 Å². The van der Waals surface area contributed by atoms with Crippen molar-refractivity contribution in [2.24, 2.45) is 0 Å². The van der Waals surface area contributed by atoms with E-state index < -0.39 is 17.3 Å². The van der Waals surface area contributed by atoms with E-state index in [1.165, 1.54) is 17.0 Å². The fourth-order valence-electron chi connectivity index (χ4n) is 2.83. The quantitative estimate of drug-likeness (QED) is 0.512. The molecule has 0 radical (unpaired) electrons. The molecule has 1 aromatic rings. The van der Waals surface area contributed by atoms with Crippen molar-refractivity contribution in [3.63, 3.8) is 0 Å². The minimum atomic E-state index is -2.41.